The lowest BCUT2D eigenvalue weighted by molar-refractivity contribution is -0.142. The smallest absolute Gasteiger partial charge is 0.326 e. The van der Waals surface area contributed by atoms with E-state index in [1.165, 1.54) is 31.2 Å². The fourth-order valence-corrected chi connectivity index (χ4v) is 3.65. The second-order valence-electron chi connectivity index (χ2n) is 8.14. The SMILES string of the molecule is CSCCC(NC(=O)C(CCCCN)NC(=O)C(NC(=O)C(N)Cc1cnc[nH]1)C(C)O)C(=O)O. The van der Waals surface area contributed by atoms with Crippen LogP contribution in [0, 0.1) is 0 Å². The minimum absolute atomic E-state index is 0.136. The number of amides is 3. The zero-order valence-corrected chi connectivity index (χ0v) is 20.8. The van der Waals surface area contributed by atoms with Gasteiger partial charge in [-0.2, -0.15) is 11.8 Å². The molecule has 14 heteroatoms. The summed E-state index contributed by atoms with van der Waals surface area (Å²) in [6.45, 7) is 1.70. The summed E-state index contributed by atoms with van der Waals surface area (Å²) in [5, 5.41) is 26.9. The molecule has 3 amide bonds. The Morgan fingerprint density at radius 1 is 1.09 bits per heavy atom. The molecule has 1 heterocycles. The van der Waals surface area contributed by atoms with E-state index in [4.69, 9.17) is 11.5 Å². The summed E-state index contributed by atoms with van der Waals surface area (Å²) in [7, 11) is 0. The van der Waals surface area contributed by atoms with Crippen molar-refractivity contribution >= 4 is 35.5 Å². The number of imidazole rings is 1. The molecule has 0 aliphatic heterocycles. The van der Waals surface area contributed by atoms with Crippen molar-refractivity contribution in [3.05, 3.63) is 18.2 Å². The van der Waals surface area contributed by atoms with E-state index in [-0.39, 0.29) is 19.3 Å². The molecule has 0 spiro atoms. The van der Waals surface area contributed by atoms with Crippen LogP contribution in [0.15, 0.2) is 12.5 Å². The van der Waals surface area contributed by atoms with Gasteiger partial charge in [-0.15, -0.1) is 0 Å². The van der Waals surface area contributed by atoms with Gasteiger partial charge in [0.25, 0.3) is 0 Å². The molecular formula is C21H37N7O6S. The molecule has 10 N–H and O–H groups in total. The Hall–Kier alpha value is -2.68. The van der Waals surface area contributed by atoms with Crippen molar-refractivity contribution in [1.29, 1.82) is 0 Å². The second-order valence-corrected chi connectivity index (χ2v) is 9.13. The van der Waals surface area contributed by atoms with E-state index < -0.39 is 54.0 Å². The van der Waals surface area contributed by atoms with Crippen LogP contribution in [0.4, 0.5) is 0 Å². The minimum Gasteiger partial charge on any atom is -0.480 e. The first-order chi connectivity index (χ1) is 16.6. The van der Waals surface area contributed by atoms with Crippen LogP contribution in [0.25, 0.3) is 0 Å². The van der Waals surface area contributed by atoms with Crippen molar-refractivity contribution in [3.8, 4) is 0 Å². The number of nitrogens with two attached hydrogens (primary N) is 2. The van der Waals surface area contributed by atoms with E-state index >= 15 is 0 Å². The molecule has 0 fully saturated rings. The summed E-state index contributed by atoms with van der Waals surface area (Å²) in [6.07, 6.45) is 5.12. The number of carbonyl (C=O) groups is 4. The molecule has 1 aromatic rings. The lowest BCUT2D eigenvalue weighted by Gasteiger charge is -2.26. The average molecular weight is 516 g/mol. The van der Waals surface area contributed by atoms with Gasteiger partial charge in [-0.1, -0.05) is 0 Å². The fourth-order valence-electron chi connectivity index (χ4n) is 3.18. The standard InChI is InChI=1S/C21H37N7O6S/c1-12(29)17(28-18(30)14(23)9-13-10-24-11-25-13)20(32)26-15(5-3-4-7-22)19(31)27-16(21(33)34)6-8-35-2/h10-12,14-17,29H,3-9,22-23H2,1-2H3,(H,24,25)(H,26,32)(H,27,31)(H,28,30)(H,33,34). The monoisotopic (exact) mass is 515 g/mol. The number of carboxylic acids is 1. The molecule has 0 bridgehead atoms. The maximum Gasteiger partial charge on any atom is 0.326 e. The number of unbranched alkanes of at least 4 members (excludes halogenated alkanes) is 1. The highest BCUT2D eigenvalue weighted by molar-refractivity contribution is 7.98. The van der Waals surface area contributed by atoms with E-state index in [0.717, 1.165) is 0 Å². The molecule has 0 aliphatic carbocycles. The van der Waals surface area contributed by atoms with E-state index in [9.17, 15) is 29.4 Å². The number of hydrogen-bond donors (Lipinski definition) is 8. The summed E-state index contributed by atoms with van der Waals surface area (Å²) < 4.78 is 0. The predicted octanol–water partition coefficient (Wildman–Crippen LogP) is -1.92. The molecular weight excluding hydrogens is 478 g/mol. The zero-order valence-electron chi connectivity index (χ0n) is 20.0. The quantitative estimate of drug-likeness (QED) is 0.107. The van der Waals surface area contributed by atoms with Gasteiger partial charge in [-0.25, -0.2) is 9.78 Å². The number of rotatable bonds is 17. The Kier molecular flexibility index (Phi) is 13.9. The number of aliphatic hydroxyl groups is 1. The summed E-state index contributed by atoms with van der Waals surface area (Å²) in [5.41, 5.74) is 12.0. The number of aromatic nitrogens is 2. The van der Waals surface area contributed by atoms with Crippen LogP contribution in [0.3, 0.4) is 0 Å². The van der Waals surface area contributed by atoms with E-state index in [1.807, 2.05) is 6.26 Å². The Labute approximate surface area is 208 Å². The molecule has 5 atom stereocenters. The van der Waals surface area contributed by atoms with Crippen molar-refractivity contribution in [1.82, 2.24) is 25.9 Å². The molecule has 35 heavy (non-hydrogen) atoms. The Morgan fingerprint density at radius 2 is 1.77 bits per heavy atom. The first kappa shape index (κ1) is 30.4. The third-order valence-electron chi connectivity index (χ3n) is 5.20. The van der Waals surface area contributed by atoms with Crippen molar-refractivity contribution < 1.29 is 29.4 Å². The third kappa shape index (κ3) is 11.1. The average Bonchev–Trinajstić information content (AvgIpc) is 3.31. The van der Waals surface area contributed by atoms with Crippen LogP contribution in [-0.4, -0.2) is 92.7 Å². The highest BCUT2D eigenvalue weighted by Crippen LogP contribution is 2.07. The maximum absolute atomic E-state index is 12.9. The van der Waals surface area contributed by atoms with Gasteiger partial charge in [0, 0.05) is 18.3 Å². The number of nitrogens with one attached hydrogen (secondary N) is 4. The molecule has 5 unspecified atom stereocenters. The summed E-state index contributed by atoms with van der Waals surface area (Å²) in [5.74, 6) is -2.80. The van der Waals surface area contributed by atoms with E-state index in [2.05, 4.69) is 25.9 Å². The van der Waals surface area contributed by atoms with E-state index in [1.54, 1.807) is 0 Å². The van der Waals surface area contributed by atoms with Gasteiger partial charge in [-0.3, -0.25) is 14.4 Å². The largest absolute Gasteiger partial charge is 0.480 e. The molecule has 13 nitrogen and oxygen atoms in total. The van der Waals surface area contributed by atoms with Gasteiger partial charge in [0.15, 0.2) is 0 Å². The molecule has 198 valence electrons. The summed E-state index contributed by atoms with van der Waals surface area (Å²) in [4.78, 5) is 56.5. The predicted molar refractivity (Wildman–Crippen MR) is 131 cm³/mol. The van der Waals surface area contributed by atoms with Gasteiger partial charge in [0.1, 0.15) is 18.1 Å². The minimum atomic E-state index is -1.38. The Bertz CT molecular complexity index is 808. The Morgan fingerprint density at radius 3 is 2.31 bits per heavy atom. The number of H-pyrrole nitrogens is 1. The fraction of sp³-hybridized carbons (Fsp3) is 0.667. The molecule has 0 saturated heterocycles. The number of carboxylic acid groups (broad SMARTS) is 1. The second kappa shape index (κ2) is 16.1. The third-order valence-corrected chi connectivity index (χ3v) is 5.84. The van der Waals surface area contributed by atoms with Crippen LogP contribution in [0.2, 0.25) is 0 Å². The van der Waals surface area contributed by atoms with Crippen LogP contribution < -0.4 is 27.4 Å². The normalized spacial score (nSPS) is 15.3. The number of aliphatic hydroxyl groups excluding tert-OH is 1. The molecule has 0 saturated carbocycles. The van der Waals surface area contributed by atoms with E-state index in [0.29, 0.717) is 30.8 Å². The van der Waals surface area contributed by atoms with Gasteiger partial charge in [0.2, 0.25) is 17.7 Å². The molecule has 1 aromatic heterocycles. The highest BCUT2D eigenvalue weighted by atomic mass is 32.2. The van der Waals surface area contributed by atoms with Crippen molar-refractivity contribution in [2.24, 2.45) is 11.5 Å². The maximum atomic E-state index is 12.9. The molecule has 0 radical (unpaired) electrons. The summed E-state index contributed by atoms with van der Waals surface area (Å²) >= 11 is 1.44. The Balaban J connectivity index is 2.88. The van der Waals surface area contributed by atoms with Crippen molar-refractivity contribution in [2.45, 2.75) is 69.3 Å². The number of thioether (sulfide) groups is 1. The lowest BCUT2D eigenvalue weighted by atomic mass is 10.1. The van der Waals surface area contributed by atoms with Crippen LogP contribution in [0.5, 0.6) is 0 Å². The zero-order chi connectivity index (χ0) is 26.4. The molecule has 0 aliphatic rings. The number of aromatic amines is 1. The van der Waals surface area contributed by atoms with Crippen molar-refractivity contribution in [3.63, 3.8) is 0 Å². The first-order valence-electron chi connectivity index (χ1n) is 11.3. The van der Waals surface area contributed by atoms with Gasteiger partial charge in [0.05, 0.1) is 18.5 Å². The first-order valence-corrected chi connectivity index (χ1v) is 12.7. The summed E-state index contributed by atoms with van der Waals surface area (Å²) in [6, 6.07) is -4.59. The van der Waals surface area contributed by atoms with Crippen LogP contribution in [0.1, 0.15) is 38.3 Å². The van der Waals surface area contributed by atoms with Gasteiger partial charge in [-0.05, 0) is 51.2 Å². The van der Waals surface area contributed by atoms with Crippen LogP contribution >= 0.6 is 11.8 Å². The number of carbonyl (C=O) groups excluding carboxylic acids is 3. The lowest BCUT2D eigenvalue weighted by Crippen LogP contribution is -2.60. The number of nitrogens with zero attached hydrogens (tertiary/aromatic N) is 1. The number of hydrogen-bond acceptors (Lipinski definition) is 9. The highest BCUT2D eigenvalue weighted by Gasteiger charge is 2.32. The van der Waals surface area contributed by atoms with Gasteiger partial charge >= 0.3 is 5.97 Å². The molecule has 1 rings (SSSR count). The number of aliphatic carboxylic acids is 1. The van der Waals surface area contributed by atoms with Gasteiger partial charge < -0.3 is 42.6 Å². The van der Waals surface area contributed by atoms with Crippen molar-refractivity contribution in [2.75, 3.05) is 18.6 Å². The topological polar surface area (TPSA) is 226 Å². The molecule has 0 aromatic carbocycles. The van der Waals surface area contributed by atoms with Crippen LogP contribution in [-0.2, 0) is 25.6 Å².